The second kappa shape index (κ2) is 9.90. The van der Waals surface area contributed by atoms with Gasteiger partial charge in [-0.15, -0.1) is 0 Å². The summed E-state index contributed by atoms with van der Waals surface area (Å²) in [5.74, 6) is -1.09. The van der Waals surface area contributed by atoms with Gasteiger partial charge in [-0.05, 0) is 42.7 Å². The van der Waals surface area contributed by atoms with E-state index in [1.165, 1.54) is 4.31 Å². The lowest BCUT2D eigenvalue weighted by Crippen LogP contribution is -2.31. The summed E-state index contributed by atoms with van der Waals surface area (Å²) in [6.07, 6.45) is 5.25. The van der Waals surface area contributed by atoms with Crippen LogP contribution in [0.4, 0.5) is 0 Å². The fourth-order valence-electron chi connectivity index (χ4n) is 3.50. The molecule has 0 saturated carbocycles. The maximum absolute atomic E-state index is 13.2. The van der Waals surface area contributed by atoms with Crippen LogP contribution in [-0.2, 0) is 19.6 Å². The van der Waals surface area contributed by atoms with E-state index in [1.807, 2.05) is 43.3 Å². The van der Waals surface area contributed by atoms with Gasteiger partial charge in [-0.2, -0.15) is 4.31 Å². The molecule has 1 aliphatic rings. The maximum atomic E-state index is 13.2. The van der Waals surface area contributed by atoms with Gasteiger partial charge in [0.25, 0.3) is 0 Å². The van der Waals surface area contributed by atoms with Crippen LogP contribution in [0.15, 0.2) is 89.4 Å². The van der Waals surface area contributed by atoms with Crippen molar-refractivity contribution in [1.29, 1.82) is 0 Å². The average Bonchev–Trinajstić information content (AvgIpc) is 3.20. The summed E-state index contributed by atoms with van der Waals surface area (Å²) in [5, 5.41) is 0. The Bertz CT molecular complexity index is 1100. The average molecular weight is 438 g/mol. The van der Waals surface area contributed by atoms with Gasteiger partial charge in [0, 0.05) is 13.1 Å². The van der Waals surface area contributed by atoms with Crippen molar-refractivity contribution in [2.45, 2.75) is 18.7 Å². The molecule has 3 rings (SSSR count). The van der Waals surface area contributed by atoms with Gasteiger partial charge < -0.3 is 4.74 Å². The summed E-state index contributed by atoms with van der Waals surface area (Å²) in [4.78, 5) is 13.0. The molecule has 0 N–H and O–H groups in total. The third kappa shape index (κ3) is 5.21. The zero-order valence-corrected chi connectivity index (χ0v) is 18.6. The molecule has 0 radical (unpaired) electrons. The van der Waals surface area contributed by atoms with Crippen molar-refractivity contribution < 1.29 is 17.9 Å². The summed E-state index contributed by atoms with van der Waals surface area (Å²) >= 11 is 0. The number of carbonyl (C=O) groups is 1. The highest BCUT2D eigenvalue weighted by atomic mass is 32.2. The summed E-state index contributed by atoms with van der Waals surface area (Å²) in [6, 6.07) is 16.4. The van der Waals surface area contributed by atoms with Crippen LogP contribution in [0.2, 0.25) is 0 Å². The van der Waals surface area contributed by atoms with Crippen molar-refractivity contribution in [1.82, 2.24) is 4.31 Å². The van der Waals surface area contributed by atoms with Crippen LogP contribution in [0.1, 0.15) is 18.1 Å². The van der Waals surface area contributed by atoms with Gasteiger partial charge >= 0.3 is 5.97 Å². The van der Waals surface area contributed by atoms with E-state index in [1.54, 1.807) is 43.3 Å². The summed E-state index contributed by atoms with van der Waals surface area (Å²) in [5.41, 5.74) is 3.35. The fourth-order valence-corrected chi connectivity index (χ4v) is 4.90. The molecule has 5 nitrogen and oxygen atoms in total. The van der Waals surface area contributed by atoms with Crippen LogP contribution in [0, 0.1) is 12.8 Å². The lowest BCUT2D eigenvalue weighted by Gasteiger charge is -2.18. The normalized spacial score (nSPS) is 15.9. The smallest absolute Gasteiger partial charge is 0.317 e. The van der Waals surface area contributed by atoms with Crippen LogP contribution in [-0.4, -0.2) is 38.4 Å². The van der Waals surface area contributed by atoms with E-state index >= 15 is 0 Å². The lowest BCUT2D eigenvalue weighted by molar-refractivity contribution is -0.145. The van der Waals surface area contributed by atoms with Crippen LogP contribution in [0.25, 0.3) is 6.08 Å². The highest BCUT2D eigenvalue weighted by Gasteiger charge is 2.36. The molecular formula is C25H27NO4S. The first kappa shape index (κ1) is 22.7. The zero-order chi connectivity index (χ0) is 22.4. The van der Waals surface area contributed by atoms with Gasteiger partial charge in [0.2, 0.25) is 10.0 Å². The minimum Gasteiger partial charge on any atom is -0.465 e. The molecule has 0 fully saturated rings. The second-order valence-electron chi connectivity index (χ2n) is 7.34. The summed E-state index contributed by atoms with van der Waals surface area (Å²) < 4.78 is 33.0. The van der Waals surface area contributed by atoms with E-state index in [4.69, 9.17) is 4.74 Å². The molecule has 1 heterocycles. The Morgan fingerprint density at radius 3 is 2.42 bits per heavy atom. The highest BCUT2D eigenvalue weighted by Crippen LogP contribution is 2.31. The number of aryl methyl sites for hydroxylation is 1. The molecule has 0 bridgehead atoms. The molecule has 2 aromatic carbocycles. The predicted molar refractivity (Wildman–Crippen MR) is 123 cm³/mol. The SMILES string of the molecule is C=CC1=C(C(/C=C/c2ccccc2)C(=O)OCC)CN(S(=O)(=O)c2ccc(C)cc2)C1. The largest absolute Gasteiger partial charge is 0.465 e. The topological polar surface area (TPSA) is 63.7 Å². The minimum absolute atomic E-state index is 0.111. The molecular weight excluding hydrogens is 410 g/mol. The highest BCUT2D eigenvalue weighted by molar-refractivity contribution is 7.89. The van der Waals surface area contributed by atoms with Crippen LogP contribution in [0.3, 0.4) is 0 Å². The van der Waals surface area contributed by atoms with E-state index in [2.05, 4.69) is 6.58 Å². The van der Waals surface area contributed by atoms with Crippen LogP contribution >= 0.6 is 0 Å². The fraction of sp³-hybridized carbons (Fsp3) is 0.240. The Morgan fingerprint density at radius 1 is 1.13 bits per heavy atom. The quantitative estimate of drug-likeness (QED) is 0.575. The number of esters is 1. The molecule has 0 aliphatic carbocycles. The van der Waals surface area contributed by atoms with E-state index in [0.717, 1.165) is 16.7 Å². The van der Waals surface area contributed by atoms with Gasteiger partial charge in [0.1, 0.15) is 0 Å². The number of hydrogen-bond donors (Lipinski definition) is 0. The number of benzene rings is 2. The Balaban J connectivity index is 1.92. The molecule has 0 amide bonds. The van der Waals surface area contributed by atoms with Crippen molar-refractivity contribution in [3.63, 3.8) is 0 Å². The van der Waals surface area contributed by atoms with E-state index in [-0.39, 0.29) is 24.6 Å². The second-order valence-corrected chi connectivity index (χ2v) is 9.28. The summed E-state index contributed by atoms with van der Waals surface area (Å²) in [7, 11) is -3.70. The minimum atomic E-state index is -3.70. The van der Waals surface area contributed by atoms with Crippen molar-refractivity contribution >= 4 is 22.1 Å². The first-order valence-corrected chi connectivity index (χ1v) is 11.6. The van der Waals surface area contributed by atoms with Crippen molar-refractivity contribution in [3.8, 4) is 0 Å². The van der Waals surface area contributed by atoms with Crippen molar-refractivity contribution in [3.05, 3.63) is 95.6 Å². The van der Waals surface area contributed by atoms with E-state index < -0.39 is 21.9 Å². The zero-order valence-electron chi connectivity index (χ0n) is 17.8. The number of sulfonamides is 1. The number of nitrogens with zero attached hydrogens (tertiary/aromatic N) is 1. The molecule has 0 spiro atoms. The molecule has 1 atom stereocenters. The molecule has 0 saturated heterocycles. The monoisotopic (exact) mass is 437 g/mol. The molecule has 2 aromatic rings. The van der Waals surface area contributed by atoms with Crippen molar-refractivity contribution in [2.75, 3.05) is 19.7 Å². The number of rotatable bonds is 8. The molecule has 31 heavy (non-hydrogen) atoms. The van der Waals surface area contributed by atoms with E-state index in [0.29, 0.717) is 5.57 Å². The third-order valence-corrected chi connectivity index (χ3v) is 7.01. The Morgan fingerprint density at radius 2 is 1.81 bits per heavy atom. The standard InChI is InChI=1S/C25H27NO4S/c1-4-21-17-26(31(28,29)22-14-11-19(3)12-15-22)18-24(21)23(25(27)30-5-2)16-13-20-9-7-6-8-10-20/h4,6-16,23H,1,5,17-18H2,2-3H3/b16-13+. The molecule has 1 aliphatic heterocycles. The van der Waals surface area contributed by atoms with Gasteiger partial charge in [-0.25, -0.2) is 8.42 Å². The number of hydrogen-bond acceptors (Lipinski definition) is 4. The first-order valence-electron chi connectivity index (χ1n) is 10.2. The Hall–Kier alpha value is -2.96. The maximum Gasteiger partial charge on any atom is 0.317 e. The lowest BCUT2D eigenvalue weighted by atomic mass is 9.94. The first-order chi connectivity index (χ1) is 14.9. The van der Waals surface area contributed by atoms with Gasteiger partial charge in [0.05, 0.1) is 17.4 Å². The van der Waals surface area contributed by atoms with Crippen LogP contribution in [0.5, 0.6) is 0 Å². The molecule has 6 heteroatoms. The molecule has 162 valence electrons. The number of carbonyl (C=O) groups excluding carboxylic acids is 1. The van der Waals surface area contributed by atoms with Gasteiger partial charge in [-0.1, -0.05) is 72.8 Å². The number of ether oxygens (including phenoxy) is 1. The molecule has 1 unspecified atom stereocenters. The third-order valence-electron chi connectivity index (χ3n) is 5.21. The van der Waals surface area contributed by atoms with E-state index in [9.17, 15) is 13.2 Å². The predicted octanol–water partition coefficient (Wildman–Crippen LogP) is 4.37. The van der Waals surface area contributed by atoms with Crippen LogP contribution < -0.4 is 0 Å². The Kier molecular flexibility index (Phi) is 7.25. The summed E-state index contributed by atoms with van der Waals surface area (Å²) in [6.45, 7) is 8.03. The Labute approximate surface area is 184 Å². The molecule has 0 aromatic heterocycles. The van der Waals surface area contributed by atoms with Gasteiger partial charge in [-0.3, -0.25) is 4.79 Å². The van der Waals surface area contributed by atoms with Crippen molar-refractivity contribution in [2.24, 2.45) is 5.92 Å². The van der Waals surface area contributed by atoms with Gasteiger partial charge in [0.15, 0.2) is 0 Å².